The molecule has 0 saturated carbocycles. The molecule has 1 aromatic carbocycles. The van der Waals surface area contributed by atoms with Crippen molar-refractivity contribution in [3.8, 4) is 5.69 Å². The third kappa shape index (κ3) is 2.21. The number of nitrogens with two attached hydrogens (primary N) is 1. The maximum absolute atomic E-state index is 13.5. The minimum Gasteiger partial charge on any atom is -0.323 e. The lowest BCUT2D eigenvalue weighted by Gasteiger charge is -2.04. The average Bonchev–Trinajstić information content (AvgIpc) is 2.82. The predicted octanol–water partition coefficient (Wildman–Crippen LogP) is 2.09. The monoisotopic (exact) mass is 256 g/mol. The minimum atomic E-state index is -1.28. The molecule has 0 bridgehead atoms. The summed E-state index contributed by atoms with van der Waals surface area (Å²) in [6.07, 6.45) is 1.98. The maximum Gasteiger partial charge on any atom is 0.184 e. The van der Waals surface area contributed by atoms with Crippen molar-refractivity contribution in [1.82, 2.24) is 15.0 Å². The summed E-state index contributed by atoms with van der Waals surface area (Å²) >= 11 is 0. The van der Waals surface area contributed by atoms with E-state index in [4.69, 9.17) is 5.73 Å². The fraction of sp³-hybridized carbons (Fsp3) is 0.273. The summed E-state index contributed by atoms with van der Waals surface area (Å²) in [5, 5.41) is 7.35. The van der Waals surface area contributed by atoms with E-state index in [9.17, 15) is 13.2 Å². The number of benzene rings is 1. The molecular formula is C11H11F3N4. The first-order chi connectivity index (χ1) is 8.52. The van der Waals surface area contributed by atoms with Gasteiger partial charge in [0.2, 0.25) is 0 Å². The highest BCUT2D eigenvalue weighted by Crippen LogP contribution is 2.19. The summed E-state index contributed by atoms with van der Waals surface area (Å²) in [6.45, 7) is 1.85. The normalized spacial score (nSPS) is 12.7. The molecule has 0 saturated heterocycles. The van der Waals surface area contributed by atoms with Gasteiger partial charge in [-0.15, -0.1) is 5.10 Å². The van der Waals surface area contributed by atoms with Crippen molar-refractivity contribution in [2.45, 2.75) is 19.4 Å². The molecule has 1 heterocycles. The largest absolute Gasteiger partial charge is 0.323 e. The summed E-state index contributed by atoms with van der Waals surface area (Å²) in [5.41, 5.74) is 5.82. The van der Waals surface area contributed by atoms with Gasteiger partial charge in [-0.05, 0) is 6.42 Å². The number of aromatic nitrogens is 3. The van der Waals surface area contributed by atoms with Crippen LogP contribution in [0, 0.1) is 17.5 Å². The zero-order valence-corrected chi connectivity index (χ0v) is 9.57. The van der Waals surface area contributed by atoms with Crippen LogP contribution in [0.5, 0.6) is 0 Å². The van der Waals surface area contributed by atoms with Crippen molar-refractivity contribution in [2.24, 2.45) is 5.73 Å². The van der Waals surface area contributed by atoms with Gasteiger partial charge in [-0.3, -0.25) is 0 Å². The number of hydrogen-bond donors (Lipinski definition) is 1. The molecule has 4 nitrogen and oxygen atoms in total. The summed E-state index contributed by atoms with van der Waals surface area (Å²) < 4.78 is 40.6. The fourth-order valence-electron chi connectivity index (χ4n) is 1.48. The lowest BCUT2D eigenvalue weighted by molar-refractivity contribution is 0.487. The van der Waals surface area contributed by atoms with Gasteiger partial charge in [0.25, 0.3) is 0 Å². The third-order valence-corrected chi connectivity index (χ3v) is 2.55. The fourth-order valence-corrected chi connectivity index (χ4v) is 1.48. The lowest BCUT2D eigenvalue weighted by atomic mass is 10.2. The van der Waals surface area contributed by atoms with Crippen LogP contribution in [0.1, 0.15) is 25.1 Å². The number of hydrogen-bond acceptors (Lipinski definition) is 3. The van der Waals surface area contributed by atoms with E-state index in [0.29, 0.717) is 18.2 Å². The zero-order valence-electron chi connectivity index (χ0n) is 9.57. The van der Waals surface area contributed by atoms with Crippen molar-refractivity contribution in [1.29, 1.82) is 0 Å². The Kier molecular flexibility index (Phi) is 3.33. The molecule has 1 atom stereocenters. The highest BCUT2D eigenvalue weighted by molar-refractivity contribution is 5.34. The standard InChI is InChI=1S/C11H11F3N4/c1-2-8(15)9-5-18(17-16-9)10-4-6(12)3-7(13)11(10)14/h3-5,8H,2,15H2,1H3. The van der Waals surface area contributed by atoms with E-state index in [1.807, 2.05) is 6.92 Å². The highest BCUT2D eigenvalue weighted by atomic mass is 19.2. The van der Waals surface area contributed by atoms with Crippen molar-refractivity contribution in [3.05, 3.63) is 41.5 Å². The SMILES string of the molecule is CCC(N)c1cn(-c2cc(F)cc(F)c2F)nn1. The van der Waals surface area contributed by atoms with E-state index in [0.717, 1.165) is 10.7 Å². The van der Waals surface area contributed by atoms with Crippen LogP contribution < -0.4 is 5.73 Å². The molecular weight excluding hydrogens is 245 g/mol. The molecule has 0 aliphatic rings. The summed E-state index contributed by atoms with van der Waals surface area (Å²) in [6, 6.07) is 0.961. The Morgan fingerprint density at radius 3 is 2.72 bits per heavy atom. The van der Waals surface area contributed by atoms with Crippen molar-refractivity contribution >= 4 is 0 Å². The van der Waals surface area contributed by atoms with Crippen LogP contribution in [0.4, 0.5) is 13.2 Å². The second-order valence-electron chi connectivity index (χ2n) is 3.82. The van der Waals surface area contributed by atoms with Crippen LogP contribution >= 0.6 is 0 Å². The number of halogens is 3. The van der Waals surface area contributed by atoms with Crippen LogP contribution in [0.25, 0.3) is 5.69 Å². The summed E-state index contributed by atoms with van der Waals surface area (Å²) in [5.74, 6) is -3.35. The van der Waals surface area contributed by atoms with E-state index in [1.165, 1.54) is 6.20 Å². The predicted molar refractivity (Wildman–Crippen MR) is 58.5 cm³/mol. The summed E-state index contributed by atoms with van der Waals surface area (Å²) in [7, 11) is 0. The Morgan fingerprint density at radius 2 is 2.06 bits per heavy atom. The third-order valence-electron chi connectivity index (χ3n) is 2.55. The molecule has 18 heavy (non-hydrogen) atoms. The van der Waals surface area contributed by atoms with Crippen LogP contribution in [-0.2, 0) is 0 Å². The molecule has 2 aromatic rings. The van der Waals surface area contributed by atoms with Gasteiger partial charge in [0.15, 0.2) is 11.6 Å². The number of rotatable bonds is 3. The Bertz CT molecular complexity index is 567. The topological polar surface area (TPSA) is 56.7 Å². The van der Waals surface area contributed by atoms with Gasteiger partial charge in [0.1, 0.15) is 11.5 Å². The van der Waals surface area contributed by atoms with Crippen LogP contribution in [0.2, 0.25) is 0 Å². The van der Waals surface area contributed by atoms with Crippen LogP contribution in [0.3, 0.4) is 0 Å². The number of nitrogens with zero attached hydrogens (tertiary/aromatic N) is 3. The molecule has 0 radical (unpaired) electrons. The molecule has 2 N–H and O–H groups in total. The molecule has 0 aliphatic heterocycles. The van der Waals surface area contributed by atoms with Gasteiger partial charge in [-0.1, -0.05) is 12.1 Å². The van der Waals surface area contributed by atoms with E-state index >= 15 is 0 Å². The maximum atomic E-state index is 13.5. The van der Waals surface area contributed by atoms with Gasteiger partial charge in [-0.25, -0.2) is 17.9 Å². The van der Waals surface area contributed by atoms with Gasteiger partial charge in [0.05, 0.1) is 17.9 Å². The molecule has 7 heteroatoms. The lowest BCUT2D eigenvalue weighted by Crippen LogP contribution is -2.08. The van der Waals surface area contributed by atoms with Crippen molar-refractivity contribution in [3.63, 3.8) is 0 Å². The first-order valence-electron chi connectivity index (χ1n) is 5.35. The van der Waals surface area contributed by atoms with Gasteiger partial charge >= 0.3 is 0 Å². The zero-order chi connectivity index (χ0) is 13.3. The van der Waals surface area contributed by atoms with Gasteiger partial charge < -0.3 is 5.73 Å². The smallest absolute Gasteiger partial charge is 0.184 e. The van der Waals surface area contributed by atoms with Crippen LogP contribution in [0.15, 0.2) is 18.3 Å². The Labute approximate surface area is 101 Å². The Morgan fingerprint density at radius 1 is 1.33 bits per heavy atom. The average molecular weight is 256 g/mol. The van der Waals surface area contributed by atoms with E-state index < -0.39 is 17.5 Å². The second-order valence-corrected chi connectivity index (χ2v) is 3.82. The molecule has 2 rings (SSSR count). The molecule has 0 spiro atoms. The summed E-state index contributed by atoms with van der Waals surface area (Å²) in [4.78, 5) is 0. The first-order valence-corrected chi connectivity index (χ1v) is 5.35. The Hall–Kier alpha value is -1.89. The minimum absolute atomic E-state index is 0.338. The van der Waals surface area contributed by atoms with Crippen molar-refractivity contribution in [2.75, 3.05) is 0 Å². The van der Waals surface area contributed by atoms with E-state index in [1.54, 1.807) is 0 Å². The van der Waals surface area contributed by atoms with Gasteiger partial charge in [-0.2, -0.15) is 0 Å². The molecule has 96 valence electrons. The molecule has 1 aromatic heterocycles. The second kappa shape index (κ2) is 4.77. The molecule has 0 amide bonds. The molecule has 0 aliphatic carbocycles. The quantitative estimate of drug-likeness (QED) is 0.855. The van der Waals surface area contributed by atoms with E-state index in [-0.39, 0.29) is 11.7 Å². The highest BCUT2D eigenvalue weighted by Gasteiger charge is 2.15. The molecule has 1 unspecified atom stereocenters. The van der Waals surface area contributed by atoms with Gasteiger partial charge in [0, 0.05) is 12.1 Å². The van der Waals surface area contributed by atoms with E-state index in [2.05, 4.69) is 10.3 Å². The Balaban J connectivity index is 2.46. The van der Waals surface area contributed by atoms with Crippen molar-refractivity contribution < 1.29 is 13.2 Å². The first kappa shape index (κ1) is 12.6. The molecule has 0 fully saturated rings. The van der Waals surface area contributed by atoms with Crippen LogP contribution in [-0.4, -0.2) is 15.0 Å².